The molecule has 2 heterocycles. The third-order valence-corrected chi connectivity index (χ3v) is 16.5. The molecule has 0 spiro atoms. The van der Waals surface area contributed by atoms with E-state index in [0.29, 0.717) is 35.5 Å². The molecular weight excluding hydrogens is 634 g/mol. The molecule has 0 unspecified atom stereocenters. The van der Waals surface area contributed by atoms with Gasteiger partial charge in [-0.1, -0.05) is 89.4 Å². The molecule has 5 heteroatoms. The first-order chi connectivity index (χ1) is 23.7. The number of aryl methyl sites for hydroxylation is 1. The fraction of sp³-hybridized carbons (Fsp3) is 0.578. The lowest BCUT2D eigenvalue weighted by Gasteiger charge is -2.71. The van der Waals surface area contributed by atoms with Crippen LogP contribution in [0.3, 0.4) is 0 Å². The maximum Gasteiger partial charge on any atom is 0.247 e. The van der Waals surface area contributed by atoms with E-state index in [4.69, 9.17) is 26.1 Å². The minimum atomic E-state index is -0.0999. The fourth-order valence-electron chi connectivity index (χ4n) is 13.4. The van der Waals surface area contributed by atoms with E-state index in [1.165, 1.54) is 47.9 Å². The van der Waals surface area contributed by atoms with Gasteiger partial charge in [0.05, 0.1) is 16.6 Å². The number of rotatable bonds is 2. The number of allylic oxidation sites excluding steroid dienone is 2. The molecule has 2 aromatic carbocycles. The molecule has 0 saturated heterocycles. The highest BCUT2D eigenvalue weighted by Crippen LogP contribution is 2.75. The van der Waals surface area contributed by atoms with Gasteiger partial charge in [0.15, 0.2) is 0 Å². The Morgan fingerprint density at radius 1 is 0.840 bits per heavy atom. The first-order valence-corrected chi connectivity index (χ1v) is 19.8. The van der Waals surface area contributed by atoms with E-state index in [1.54, 1.807) is 5.57 Å². The van der Waals surface area contributed by atoms with Crippen LogP contribution in [0.5, 0.6) is 0 Å². The smallest absolute Gasteiger partial charge is 0.247 e. The molecule has 3 fully saturated rings. The molecule has 4 aromatic rings. The number of fused-ring (bicyclic) bond motifs is 9. The molecule has 9 rings (SSSR count). The van der Waals surface area contributed by atoms with Gasteiger partial charge in [0.25, 0.3) is 0 Å². The van der Waals surface area contributed by atoms with Crippen molar-refractivity contribution in [3.8, 4) is 11.5 Å². The summed E-state index contributed by atoms with van der Waals surface area (Å²) in [6, 6.07) is 17.1. The number of pyridine rings is 1. The minimum Gasteiger partial charge on any atom is -0.420 e. The van der Waals surface area contributed by atoms with Crippen LogP contribution in [0.15, 0.2) is 64.6 Å². The number of halogens is 1. The molecule has 50 heavy (non-hydrogen) atoms. The average Bonchev–Trinajstić information content (AvgIpc) is 3.57. The summed E-state index contributed by atoms with van der Waals surface area (Å²) in [4.78, 5) is 5.36. The van der Waals surface area contributed by atoms with Crippen LogP contribution in [0.4, 0.5) is 0 Å². The van der Waals surface area contributed by atoms with Gasteiger partial charge in [-0.2, -0.15) is 0 Å². The zero-order chi connectivity index (χ0) is 35.0. The number of hydrogen-bond acceptors (Lipinski definition) is 4. The number of hydrogen-bond donors (Lipinski definition) is 0. The largest absolute Gasteiger partial charge is 0.420 e. The van der Waals surface area contributed by atoms with Gasteiger partial charge in [0.2, 0.25) is 11.8 Å². The highest BCUT2D eigenvalue weighted by atomic mass is 35.5. The second kappa shape index (κ2) is 10.8. The summed E-state index contributed by atoms with van der Waals surface area (Å²) in [5.74, 6) is 4.38. The van der Waals surface area contributed by atoms with Gasteiger partial charge in [0.1, 0.15) is 0 Å². The third kappa shape index (κ3) is 4.26. The summed E-state index contributed by atoms with van der Waals surface area (Å²) in [5, 5.41) is 11.5. The molecule has 9 atom stereocenters. The summed E-state index contributed by atoms with van der Waals surface area (Å²) in [5.41, 5.74) is 8.21. The van der Waals surface area contributed by atoms with E-state index in [-0.39, 0.29) is 27.1 Å². The topological polar surface area (TPSA) is 51.8 Å². The zero-order valence-corrected chi connectivity index (χ0v) is 32.1. The first-order valence-electron chi connectivity index (χ1n) is 19.4. The van der Waals surface area contributed by atoms with Crippen LogP contribution >= 0.6 is 11.6 Å². The van der Waals surface area contributed by atoms with Gasteiger partial charge in [0, 0.05) is 21.4 Å². The number of aromatic nitrogens is 3. The van der Waals surface area contributed by atoms with Crippen molar-refractivity contribution >= 4 is 22.5 Å². The summed E-state index contributed by atoms with van der Waals surface area (Å²) >= 11 is 6.49. The van der Waals surface area contributed by atoms with Crippen molar-refractivity contribution in [2.24, 2.45) is 45.8 Å². The lowest BCUT2D eigenvalue weighted by atomic mass is 9.33. The monoisotopic (exact) mass is 687 g/mol. The van der Waals surface area contributed by atoms with Crippen molar-refractivity contribution in [3.63, 3.8) is 0 Å². The predicted molar refractivity (Wildman–Crippen MR) is 203 cm³/mol. The van der Waals surface area contributed by atoms with Gasteiger partial charge < -0.3 is 4.42 Å². The van der Waals surface area contributed by atoms with Crippen LogP contribution in [0.2, 0.25) is 5.02 Å². The van der Waals surface area contributed by atoms with Crippen LogP contribution in [-0.4, -0.2) is 15.2 Å². The van der Waals surface area contributed by atoms with Gasteiger partial charge in [-0.15, -0.1) is 10.2 Å². The molecule has 5 aliphatic carbocycles. The standard InChI is InChI=1S/C45H54ClN3O/c1-26-9-11-29(12-10-26)39-48-49-40(50-39)45-20-17-27(2)28(3)37(45)33-14-16-36-42(6)25-31-23-30-24-32(46)13-15-34(30)47-38(31)41(4,5)35(42)18-19-44(36,8)43(33,7)21-22-45/h9-15,23-24,27-28,35-37H,16-22,25H2,1-8H3/t27-,28+,35+,36-,37+,42+,43-,44-,45+/m1/s1. The van der Waals surface area contributed by atoms with E-state index >= 15 is 0 Å². The van der Waals surface area contributed by atoms with Gasteiger partial charge in [-0.05, 0) is 146 Å². The molecule has 3 saturated carbocycles. The Kier molecular flexibility index (Phi) is 7.09. The highest BCUT2D eigenvalue weighted by Gasteiger charge is 2.69. The second-order valence-corrected chi connectivity index (χ2v) is 19.2. The van der Waals surface area contributed by atoms with Crippen molar-refractivity contribution in [1.82, 2.24) is 15.2 Å². The quantitative estimate of drug-likeness (QED) is 0.197. The van der Waals surface area contributed by atoms with Crippen LogP contribution in [0.1, 0.15) is 116 Å². The Balaban J connectivity index is 1.13. The molecule has 4 nitrogen and oxygen atoms in total. The molecule has 0 bridgehead atoms. The molecular formula is C45H54ClN3O. The molecule has 0 N–H and O–H groups in total. The summed E-state index contributed by atoms with van der Waals surface area (Å²) in [6.07, 6.45) is 12.2. The fourth-order valence-corrected chi connectivity index (χ4v) is 13.5. The van der Waals surface area contributed by atoms with E-state index < -0.39 is 0 Å². The van der Waals surface area contributed by atoms with Crippen molar-refractivity contribution in [2.75, 3.05) is 0 Å². The number of nitrogens with zero attached hydrogens (tertiary/aromatic N) is 3. The van der Waals surface area contributed by atoms with Crippen molar-refractivity contribution in [1.29, 1.82) is 0 Å². The Morgan fingerprint density at radius 2 is 1.62 bits per heavy atom. The molecule has 262 valence electrons. The van der Waals surface area contributed by atoms with Gasteiger partial charge in [-0.3, -0.25) is 4.98 Å². The maximum absolute atomic E-state index is 6.75. The van der Waals surface area contributed by atoms with Crippen molar-refractivity contribution in [2.45, 2.75) is 118 Å². The average molecular weight is 688 g/mol. The molecule has 5 aliphatic rings. The maximum atomic E-state index is 6.75. The van der Waals surface area contributed by atoms with Crippen LogP contribution in [0.25, 0.3) is 22.4 Å². The lowest BCUT2D eigenvalue weighted by Crippen LogP contribution is -2.65. The highest BCUT2D eigenvalue weighted by molar-refractivity contribution is 6.31. The van der Waals surface area contributed by atoms with E-state index in [9.17, 15) is 0 Å². The Hall–Kier alpha value is -2.98. The van der Waals surface area contributed by atoms with E-state index in [1.807, 2.05) is 6.07 Å². The van der Waals surface area contributed by atoms with Crippen molar-refractivity contribution in [3.05, 3.63) is 87.9 Å². The van der Waals surface area contributed by atoms with Crippen LogP contribution in [-0.2, 0) is 17.3 Å². The second-order valence-electron chi connectivity index (χ2n) is 18.8. The summed E-state index contributed by atoms with van der Waals surface area (Å²) in [7, 11) is 0. The zero-order valence-electron chi connectivity index (χ0n) is 31.4. The third-order valence-electron chi connectivity index (χ3n) is 16.3. The molecule has 0 radical (unpaired) electrons. The molecule has 2 aromatic heterocycles. The van der Waals surface area contributed by atoms with Gasteiger partial charge >= 0.3 is 0 Å². The molecule has 0 amide bonds. The SMILES string of the molecule is Cc1ccc(-c2nnc([C@]34CC[C@@H](C)[C@H](C)[C@H]3C3=CC[C@@H]5[C@@]6(C)Cc7cc8cc(Cl)ccc8nc7C(C)(C)[C@@H]6CC[C@@]5(C)[C@]3(C)CC4)o2)cc1. The van der Waals surface area contributed by atoms with E-state index in [0.717, 1.165) is 47.7 Å². The lowest BCUT2D eigenvalue weighted by molar-refractivity contribution is -0.157. The Bertz CT molecular complexity index is 2040. The van der Waals surface area contributed by atoms with Crippen LogP contribution < -0.4 is 0 Å². The molecule has 0 aliphatic heterocycles. The van der Waals surface area contributed by atoms with E-state index in [2.05, 4.69) is 109 Å². The minimum absolute atomic E-state index is 0.00450. The summed E-state index contributed by atoms with van der Waals surface area (Å²) in [6.45, 7) is 20.2. The number of benzene rings is 2. The Morgan fingerprint density at radius 3 is 2.40 bits per heavy atom. The van der Waals surface area contributed by atoms with Crippen molar-refractivity contribution < 1.29 is 4.42 Å². The predicted octanol–water partition coefficient (Wildman–Crippen LogP) is 11.9. The normalized spacial score (nSPS) is 38.7. The first kappa shape index (κ1) is 32.9. The Labute approximate surface area is 303 Å². The van der Waals surface area contributed by atoms with Gasteiger partial charge in [-0.25, -0.2) is 0 Å². The summed E-state index contributed by atoms with van der Waals surface area (Å²) < 4.78 is 6.75. The van der Waals surface area contributed by atoms with Crippen LogP contribution in [0, 0.1) is 52.8 Å².